The molecule has 1 aromatic carbocycles. The van der Waals surface area contributed by atoms with E-state index in [1.807, 2.05) is 31.2 Å². The van der Waals surface area contributed by atoms with Crippen molar-refractivity contribution in [2.45, 2.75) is 25.8 Å². The summed E-state index contributed by atoms with van der Waals surface area (Å²) >= 11 is 0. The third kappa shape index (κ3) is 2.98. The normalized spacial score (nSPS) is 21.5. The summed E-state index contributed by atoms with van der Waals surface area (Å²) in [5, 5.41) is 12.6. The van der Waals surface area contributed by atoms with Crippen LogP contribution < -0.4 is 5.32 Å². The van der Waals surface area contributed by atoms with Crippen molar-refractivity contribution < 1.29 is 4.74 Å². The Hall–Kier alpha value is -1.53. The van der Waals surface area contributed by atoms with E-state index in [1.165, 1.54) is 5.56 Å². The molecule has 0 amide bonds. The lowest BCUT2D eigenvalue weighted by molar-refractivity contribution is 0.0532. The molecule has 0 aliphatic carbocycles. The fourth-order valence-electron chi connectivity index (χ4n) is 2.19. The van der Waals surface area contributed by atoms with E-state index in [0.29, 0.717) is 12.5 Å². The second kappa shape index (κ2) is 5.70. The molecule has 2 atom stereocenters. The Morgan fingerprint density at radius 3 is 2.94 bits per heavy atom. The van der Waals surface area contributed by atoms with Crippen molar-refractivity contribution in [3.05, 3.63) is 29.8 Å². The minimum atomic E-state index is -0.156. The lowest BCUT2D eigenvalue weighted by atomic mass is 9.94. The van der Waals surface area contributed by atoms with Crippen LogP contribution in [0.15, 0.2) is 24.3 Å². The van der Waals surface area contributed by atoms with Crippen molar-refractivity contribution in [1.82, 2.24) is 0 Å². The maximum absolute atomic E-state index is 9.26. The molecule has 3 nitrogen and oxygen atoms in total. The smallest absolute Gasteiger partial charge is 0.119 e. The third-order valence-corrected chi connectivity index (χ3v) is 3.26. The van der Waals surface area contributed by atoms with Gasteiger partial charge in [-0.1, -0.05) is 18.2 Å². The van der Waals surface area contributed by atoms with Gasteiger partial charge in [-0.25, -0.2) is 0 Å². The van der Waals surface area contributed by atoms with Crippen molar-refractivity contribution in [2.24, 2.45) is 5.92 Å². The molecule has 0 saturated carbocycles. The highest BCUT2D eigenvalue weighted by atomic mass is 16.5. The van der Waals surface area contributed by atoms with E-state index in [-0.39, 0.29) is 6.04 Å². The van der Waals surface area contributed by atoms with E-state index >= 15 is 0 Å². The van der Waals surface area contributed by atoms with Gasteiger partial charge in [0, 0.05) is 18.2 Å². The van der Waals surface area contributed by atoms with E-state index < -0.39 is 0 Å². The number of para-hydroxylation sites is 1. The number of nitrogens with zero attached hydrogens (tertiary/aromatic N) is 1. The maximum Gasteiger partial charge on any atom is 0.119 e. The van der Waals surface area contributed by atoms with Gasteiger partial charge in [0.25, 0.3) is 0 Å². The fraction of sp³-hybridized carbons (Fsp3) is 0.500. The lowest BCUT2D eigenvalue weighted by Gasteiger charge is -2.27. The van der Waals surface area contributed by atoms with Crippen LogP contribution in [0, 0.1) is 24.2 Å². The second-order valence-corrected chi connectivity index (χ2v) is 4.54. The van der Waals surface area contributed by atoms with Gasteiger partial charge in [0.2, 0.25) is 0 Å². The number of rotatable bonds is 3. The SMILES string of the molecule is Cc1ccccc1NC(C#N)C1CCCOC1. The Labute approximate surface area is 102 Å². The van der Waals surface area contributed by atoms with E-state index in [4.69, 9.17) is 4.74 Å². The molecule has 1 fully saturated rings. The van der Waals surface area contributed by atoms with Gasteiger partial charge in [-0.15, -0.1) is 0 Å². The van der Waals surface area contributed by atoms with Crippen molar-refractivity contribution in [3.63, 3.8) is 0 Å². The number of nitriles is 1. The Kier molecular flexibility index (Phi) is 4.00. The number of anilines is 1. The van der Waals surface area contributed by atoms with Crippen LogP contribution in [0.3, 0.4) is 0 Å². The highest BCUT2D eigenvalue weighted by molar-refractivity contribution is 5.52. The van der Waals surface area contributed by atoms with Crippen LogP contribution in [0.25, 0.3) is 0 Å². The van der Waals surface area contributed by atoms with Crippen LogP contribution in [-0.4, -0.2) is 19.3 Å². The number of hydrogen-bond donors (Lipinski definition) is 1. The maximum atomic E-state index is 9.26. The molecule has 0 radical (unpaired) electrons. The molecular weight excluding hydrogens is 212 g/mol. The third-order valence-electron chi connectivity index (χ3n) is 3.26. The first-order chi connectivity index (χ1) is 8.31. The van der Waals surface area contributed by atoms with Crippen molar-refractivity contribution in [1.29, 1.82) is 5.26 Å². The molecule has 1 aliphatic rings. The lowest BCUT2D eigenvalue weighted by Crippen LogP contribution is -2.33. The summed E-state index contributed by atoms with van der Waals surface area (Å²) in [4.78, 5) is 0. The summed E-state index contributed by atoms with van der Waals surface area (Å²) in [7, 11) is 0. The number of aryl methyl sites for hydroxylation is 1. The van der Waals surface area contributed by atoms with Crippen LogP contribution in [0.5, 0.6) is 0 Å². The topological polar surface area (TPSA) is 45.0 Å². The van der Waals surface area contributed by atoms with E-state index in [0.717, 1.165) is 25.1 Å². The average Bonchev–Trinajstić information content (AvgIpc) is 2.39. The van der Waals surface area contributed by atoms with Gasteiger partial charge >= 0.3 is 0 Å². The summed E-state index contributed by atoms with van der Waals surface area (Å²) in [6, 6.07) is 10.3. The first-order valence-electron chi connectivity index (χ1n) is 6.11. The van der Waals surface area contributed by atoms with Gasteiger partial charge in [-0.2, -0.15) is 5.26 Å². The van der Waals surface area contributed by atoms with Crippen molar-refractivity contribution >= 4 is 5.69 Å². The zero-order valence-electron chi connectivity index (χ0n) is 10.1. The largest absolute Gasteiger partial charge is 0.381 e. The molecule has 0 bridgehead atoms. The first-order valence-corrected chi connectivity index (χ1v) is 6.11. The molecule has 17 heavy (non-hydrogen) atoms. The standard InChI is InChI=1S/C14H18N2O/c1-11-5-2-3-7-13(11)16-14(9-15)12-6-4-8-17-10-12/h2-3,5,7,12,14,16H,4,6,8,10H2,1H3. The molecule has 1 N–H and O–H groups in total. The molecule has 1 saturated heterocycles. The van der Waals surface area contributed by atoms with Gasteiger partial charge < -0.3 is 10.1 Å². The minimum Gasteiger partial charge on any atom is -0.381 e. The van der Waals surface area contributed by atoms with Crippen LogP contribution >= 0.6 is 0 Å². The zero-order valence-corrected chi connectivity index (χ0v) is 10.1. The van der Waals surface area contributed by atoms with Gasteiger partial charge in [-0.3, -0.25) is 0 Å². The van der Waals surface area contributed by atoms with Crippen LogP contribution in [0.4, 0.5) is 5.69 Å². The van der Waals surface area contributed by atoms with Crippen LogP contribution in [0.2, 0.25) is 0 Å². The molecule has 0 aromatic heterocycles. The predicted octanol–water partition coefficient (Wildman–Crippen LogP) is 2.73. The highest BCUT2D eigenvalue weighted by Gasteiger charge is 2.24. The molecule has 1 aromatic rings. The number of benzene rings is 1. The van der Waals surface area contributed by atoms with E-state index in [9.17, 15) is 5.26 Å². The summed E-state index contributed by atoms with van der Waals surface area (Å²) in [5.74, 6) is 0.299. The molecule has 90 valence electrons. The summed E-state index contributed by atoms with van der Waals surface area (Å²) in [6.07, 6.45) is 2.12. The first kappa shape index (κ1) is 11.9. The quantitative estimate of drug-likeness (QED) is 0.868. The van der Waals surface area contributed by atoms with E-state index in [2.05, 4.69) is 11.4 Å². The summed E-state index contributed by atoms with van der Waals surface area (Å²) in [5.41, 5.74) is 2.22. The summed E-state index contributed by atoms with van der Waals surface area (Å²) < 4.78 is 5.44. The van der Waals surface area contributed by atoms with E-state index in [1.54, 1.807) is 0 Å². The predicted molar refractivity (Wildman–Crippen MR) is 67.7 cm³/mol. The van der Waals surface area contributed by atoms with Crippen molar-refractivity contribution in [2.75, 3.05) is 18.5 Å². The Morgan fingerprint density at radius 2 is 2.29 bits per heavy atom. The molecular formula is C14H18N2O. The molecule has 3 heteroatoms. The second-order valence-electron chi connectivity index (χ2n) is 4.54. The van der Waals surface area contributed by atoms with Gasteiger partial charge in [0.15, 0.2) is 0 Å². The van der Waals surface area contributed by atoms with Crippen LogP contribution in [0.1, 0.15) is 18.4 Å². The Balaban J connectivity index is 2.05. The highest BCUT2D eigenvalue weighted by Crippen LogP contribution is 2.22. The van der Waals surface area contributed by atoms with Gasteiger partial charge in [0.05, 0.1) is 12.7 Å². The van der Waals surface area contributed by atoms with Gasteiger partial charge in [-0.05, 0) is 31.4 Å². The molecule has 1 heterocycles. The fourth-order valence-corrected chi connectivity index (χ4v) is 2.19. The number of hydrogen-bond acceptors (Lipinski definition) is 3. The molecule has 2 unspecified atom stereocenters. The Morgan fingerprint density at radius 1 is 1.47 bits per heavy atom. The monoisotopic (exact) mass is 230 g/mol. The Bertz CT molecular complexity index is 405. The minimum absolute atomic E-state index is 0.156. The zero-order chi connectivity index (χ0) is 12.1. The molecule has 2 rings (SSSR count). The summed E-state index contributed by atoms with van der Waals surface area (Å²) in [6.45, 7) is 3.57. The van der Waals surface area contributed by atoms with Crippen LogP contribution in [-0.2, 0) is 4.74 Å². The van der Waals surface area contributed by atoms with Gasteiger partial charge in [0.1, 0.15) is 6.04 Å². The number of nitrogens with one attached hydrogen (secondary N) is 1. The van der Waals surface area contributed by atoms with Crippen molar-refractivity contribution in [3.8, 4) is 6.07 Å². The molecule has 0 spiro atoms. The average molecular weight is 230 g/mol. The molecule has 1 aliphatic heterocycles. The number of ether oxygens (including phenoxy) is 1.